The lowest BCUT2D eigenvalue weighted by atomic mass is 9.86. The molecule has 1 aliphatic rings. The summed E-state index contributed by atoms with van der Waals surface area (Å²) in [4.78, 5) is 22.2. The maximum absolute atomic E-state index is 13.0. The molecule has 0 spiro atoms. The third-order valence-corrected chi connectivity index (χ3v) is 7.43. The van der Waals surface area contributed by atoms with Gasteiger partial charge in [0.05, 0.1) is 16.1 Å². The number of nitrogens with zero attached hydrogens (tertiary/aromatic N) is 5. The third kappa shape index (κ3) is 4.13. The first-order valence-electron chi connectivity index (χ1n) is 11.4. The van der Waals surface area contributed by atoms with E-state index in [9.17, 15) is 4.79 Å². The number of rotatable bonds is 3. The number of carbonyl (C=O) groups is 1. The number of para-hydroxylation sites is 1. The fourth-order valence-corrected chi connectivity index (χ4v) is 5.24. The Labute approximate surface area is 198 Å². The average molecular weight is 460 g/mol. The molecule has 0 unspecified atom stereocenters. The van der Waals surface area contributed by atoms with Crippen LogP contribution < -0.4 is 4.90 Å². The Morgan fingerprint density at radius 3 is 2.24 bits per heavy atom. The van der Waals surface area contributed by atoms with E-state index in [1.165, 1.54) is 5.56 Å². The van der Waals surface area contributed by atoms with Crippen LogP contribution in [0.3, 0.4) is 0 Å². The normalized spacial score (nSPS) is 14.8. The van der Waals surface area contributed by atoms with Crippen molar-refractivity contribution in [3.05, 3.63) is 71.4 Å². The molecule has 170 valence electrons. The van der Waals surface area contributed by atoms with E-state index in [4.69, 9.17) is 4.98 Å². The largest absolute Gasteiger partial charge is 0.344 e. The smallest absolute Gasteiger partial charge is 0.253 e. The zero-order valence-electron chi connectivity index (χ0n) is 19.6. The van der Waals surface area contributed by atoms with Gasteiger partial charge in [-0.25, -0.2) is 4.68 Å². The number of fused-ring (bicyclic) bond motifs is 1. The second-order valence-electron chi connectivity index (χ2n) is 9.59. The quantitative estimate of drug-likeness (QED) is 0.430. The van der Waals surface area contributed by atoms with E-state index in [1.807, 2.05) is 59.0 Å². The Bertz CT molecular complexity index is 1280. The number of amides is 1. The molecule has 0 bridgehead atoms. The molecule has 1 fully saturated rings. The number of hydrogen-bond donors (Lipinski definition) is 0. The fraction of sp³-hybridized carbons (Fsp3) is 0.346. The monoisotopic (exact) mass is 459 g/mol. The van der Waals surface area contributed by atoms with Crippen molar-refractivity contribution in [2.45, 2.75) is 33.1 Å². The highest BCUT2D eigenvalue weighted by Gasteiger charge is 2.25. The van der Waals surface area contributed by atoms with Gasteiger partial charge in [-0.3, -0.25) is 4.79 Å². The van der Waals surface area contributed by atoms with E-state index < -0.39 is 0 Å². The molecule has 2 aromatic carbocycles. The Hall–Kier alpha value is -3.19. The molecule has 0 atom stereocenters. The predicted molar refractivity (Wildman–Crippen MR) is 135 cm³/mol. The summed E-state index contributed by atoms with van der Waals surface area (Å²) < 4.78 is 3.04. The Morgan fingerprint density at radius 2 is 1.61 bits per heavy atom. The number of anilines is 1. The molecular weight excluding hydrogens is 430 g/mol. The van der Waals surface area contributed by atoms with Gasteiger partial charge in [0, 0.05) is 31.7 Å². The van der Waals surface area contributed by atoms with Crippen molar-refractivity contribution in [2.24, 2.45) is 0 Å². The minimum Gasteiger partial charge on any atom is -0.344 e. The van der Waals surface area contributed by atoms with Gasteiger partial charge >= 0.3 is 0 Å². The lowest BCUT2D eigenvalue weighted by molar-refractivity contribution is 0.0746. The van der Waals surface area contributed by atoms with Crippen LogP contribution in [0, 0.1) is 6.92 Å². The number of benzene rings is 2. The lowest BCUT2D eigenvalue weighted by Gasteiger charge is -2.34. The van der Waals surface area contributed by atoms with Crippen LogP contribution in [0.15, 0.2) is 54.6 Å². The summed E-state index contributed by atoms with van der Waals surface area (Å²) in [6.45, 7) is 11.5. The van der Waals surface area contributed by atoms with Crippen LogP contribution in [0.25, 0.3) is 16.0 Å². The van der Waals surface area contributed by atoms with Gasteiger partial charge in [0.25, 0.3) is 5.91 Å². The third-order valence-electron chi connectivity index (χ3n) is 6.21. The second-order valence-corrected chi connectivity index (χ2v) is 10.6. The molecule has 6 nitrogen and oxygen atoms in total. The van der Waals surface area contributed by atoms with Crippen LogP contribution in [0.4, 0.5) is 5.13 Å². The van der Waals surface area contributed by atoms with Crippen LogP contribution in [0.5, 0.6) is 0 Å². The molecule has 1 aliphatic heterocycles. The number of hydrogen-bond acceptors (Lipinski definition) is 5. The van der Waals surface area contributed by atoms with Crippen LogP contribution >= 0.6 is 11.3 Å². The van der Waals surface area contributed by atoms with Crippen LogP contribution in [-0.2, 0) is 5.41 Å². The summed E-state index contributed by atoms with van der Waals surface area (Å²) >= 11 is 1.68. The van der Waals surface area contributed by atoms with E-state index in [2.05, 4.69) is 42.9 Å². The number of aryl methyl sites for hydroxylation is 1. The number of thiazole rings is 1. The topological polar surface area (TPSA) is 54.3 Å². The number of aromatic nitrogens is 3. The molecule has 0 radical (unpaired) electrons. The summed E-state index contributed by atoms with van der Waals surface area (Å²) in [6, 6.07) is 18.2. The molecule has 1 saturated heterocycles. The van der Waals surface area contributed by atoms with E-state index >= 15 is 0 Å². The maximum Gasteiger partial charge on any atom is 0.253 e. The van der Waals surface area contributed by atoms with Crippen molar-refractivity contribution in [2.75, 3.05) is 31.1 Å². The Kier molecular flexibility index (Phi) is 5.44. The van der Waals surface area contributed by atoms with E-state index in [0.717, 1.165) is 45.5 Å². The molecular formula is C26H29N5OS. The van der Waals surface area contributed by atoms with Gasteiger partial charge in [-0.1, -0.05) is 62.4 Å². The molecule has 0 aliphatic carbocycles. The van der Waals surface area contributed by atoms with Crippen molar-refractivity contribution in [1.29, 1.82) is 0 Å². The first-order valence-corrected chi connectivity index (χ1v) is 12.2. The molecule has 2 aromatic heterocycles. The molecule has 0 N–H and O–H groups in total. The summed E-state index contributed by atoms with van der Waals surface area (Å²) in [5.74, 6) is 0.106. The lowest BCUT2D eigenvalue weighted by Crippen LogP contribution is -2.48. The minimum atomic E-state index is 0.0837. The maximum atomic E-state index is 13.0. The molecule has 0 saturated carbocycles. The second kappa shape index (κ2) is 8.30. The average Bonchev–Trinajstić information content (AvgIpc) is 3.39. The summed E-state index contributed by atoms with van der Waals surface area (Å²) in [5.41, 5.74) is 4.99. The zero-order valence-corrected chi connectivity index (χ0v) is 20.4. The molecule has 3 heterocycles. The molecule has 7 heteroatoms. The molecule has 33 heavy (non-hydrogen) atoms. The van der Waals surface area contributed by atoms with Gasteiger partial charge in [0.15, 0.2) is 10.8 Å². The van der Waals surface area contributed by atoms with Crippen molar-refractivity contribution in [3.8, 4) is 5.69 Å². The highest BCUT2D eigenvalue weighted by atomic mass is 32.1. The van der Waals surface area contributed by atoms with Crippen LogP contribution in [0.1, 0.15) is 42.4 Å². The molecule has 5 rings (SSSR count). The first-order chi connectivity index (χ1) is 15.8. The number of carbonyl (C=O) groups excluding carboxylic acids is 1. The van der Waals surface area contributed by atoms with Gasteiger partial charge in [-0.2, -0.15) is 10.1 Å². The zero-order chi connectivity index (χ0) is 23.2. The Morgan fingerprint density at radius 1 is 0.939 bits per heavy atom. The van der Waals surface area contributed by atoms with Gasteiger partial charge in [0.1, 0.15) is 0 Å². The van der Waals surface area contributed by atoms with Crippen molar-refractivity contribution >= 4 is 32.7 Å². The van der Waals surface area contributed by atoms with Gasteiger partial charge in [-0.15, -0.1) is 0 Å². The molecule has 1 amide bonds. The van der Waals surface area contributed by atoms with Crippen molar-refractivity contribution in [1.82, 2.24) is 19.7 Å². The first kappa shape index (κ1) is 21.6. The SMILES string of the molecule is Cc1nn(-c2ccccc2)c2nc(N3CCN(C(=O)c4ccc(C(C)(C)C)cc4)CC3)sc12. The summed E-state index contributed by atoms with van der Waals surface area (Å²) in [5, 5.41) is 5.69. The van der Waals surface area contributed by atoms with Crippen LogP contribution in [0.2, 0.25) is 0 Å². The van der Waals surface area contributed by atoms with Gasteiger partial charge < -0.3 is 9.80 Å². The van der Waals surface area contributed by atoms with E-state index in [1.54, 1.807) is 11.3 Å². The highest BCUT2D eigenvalue weighted by molar-refractivity contribution is 7.22. The van der Waals surface area contributed by atoms with Crippen LogP contribution in [-0.4, -0.2) is 51.8 Å². The summed E-state index contributed by atoms with van der Waals surface area (Å²) in [7, 11) is 0. The van der Waals surface area contributed by atoms with Crippen molar-refractivity contribution < 1.29 is 4.79 Å². The molecule has 4 aromatic rings. The fourth-order valence-electron chi connectivity index (χ4n) is 4.20. The van der Waals surface area contributed by atoms with E-state index in [-0.39, 0.29) is 11.3 Å². The number of piperazine rings is 1. The Balaban J connectivity index is 1.30. The highest BCUT2D eigenvalue weighted by Crippen LogP contribution is 2.33. The predicted octanol–water partition coefficient (Wildman–Crippen LogP) is 5.05. The van der Waals surface area contributed by atoms with Gasteiger partial charge in [-0.05, 0) is 42.2 Å². The minimum absolute atomic E-state index is 0.0837. The van der Waals surface area contributed by atoms with Gasteiger partial charge in [0.2, 0.25) is 0 Å². The summed E-state index contributed by atoms with van der Waals surface area (Å²) in [6.07, 6.45) is 0. The van der Waals surface area contributed by atoms with Crippen molar-refractivity contribution in [3.63, 3.8) is 0 Å². The van der Waals surface area contributed by atoms with E-state index in [0.29, 0.717) is 13.1 Å². The standard InChI is InChI=1S/C26H29N5OS/c1-18-22-23(31(28-18)21-8-6-5-7-9-21)27-25(33-22)30-16-14-29(15-17-30)24(32)19-10-12-20(13-11-19)26(2,3)4/h5-13H,14-17H2,1-4H3.